The van der Waals surface area contributed by atoms with E-state index in [1.54, 1.807) is 7.11 Å². The molecule has 2 atom stereocenters. The zero-order valence-corrected chi connectivity index (χ0v) is 11.2. The molecule has 0 aromatic heterocycles. The van der Waals surface area contributed by atoms with Gasteiger partial charge in [-0.05, 0) is 43.5 Å². The van der Waals surface area contributed by atoms with Crippen LogP contribution < -0.4 is 10.5 Å². The predicted molar refractivity (Wildman–Crippen MR) is 73.7 cm³/mol. The maximum atomic E-state index is 5.87. The highest BCUT2D eigenvalue weighted by Gasteiger charge is 2.24. The fourth-order valence-electron chi connectivity index (χ4n) is 2.45. The van der Waals surface area contributed by atoms with Crippen molar-refractivity contribution in [1.82, 2.24) is 0 Å². The zero-order valence-electron chi connectivity index (χ0n) is 10.4. The molecular formula is C14H21NOS. The first kappa shape index (κ1) is 12.8. The van der Waals surface area contributed by atoms with E-state index in [0.29, 0.717) is 11.2 Å². The van der Waals surface area contributed by atoms with Crippen LogP contribution in [0.25, 0.3) is 0 Å². The third-order valence-corrected chi connectivity index (χ3v) is 4.92. The molecular weight excluding hydrogens is 230 g/mol. The summed E-state index contributed by atoms with van der Waals surface area (Å²) in [5.41, 5.74) is 5.87. The minimum absolute atomic E-state index is 0.681. The van der Waals surface area contributed by atoms with Gasteiger partial charge < -0.3 is 10.5 Å². The van der Waals surface area contributed by atoms with Crippen LogP contribution in [0.1, 0.15) is 25.7 Å². The number of thioether (sulfide) groups is 1. The number of ether oxygens (including phenoxy) is 1. The van der Waals surface area contributed by atoms with Gasteiger partial charge in [0.05, 0.1) is 7.11 Å². The Kier molecular flexibility index (Phi) is 4.75. The first-order valence-electron chi connectivity index (χ1n) is 6.34. The van der Waals surface area contributed by atoms with Gasteiger partial charge in [0, 0.05) is 10.1 Å². The van der Waals surface area contributed by atoms with E-state index in [1.165, 1.54) is 30.6 Å². The molecule has 1 aromatic rings. The molecule has 1 saturated carbocycles. The summed E-state index contributed by atoms with van der Waals surface area (Å²) in [7, 11) is 1.72. The van der Waals surface area contributed by atoms with Crippen molar-refractivity contribution in [2.45, 2.75) is 35.8 Å². The smallest absolute Gasteiger partial charge is 0.119 e. The Morgan fingerprint density at radius 1 is 1.35 bits per heavy atom. The Balaban J connectivity index is 2.02. The minimum Gasteiger partial charge on any atom is -0.497 e. The zero-order chi connectivity index (χ0) is 12.1. The molecule has 0 heterocycles. The molecule has 3 heteroatoms. The highest BCUT2D eigenvalue weighted by Crippen LogP contribution is 2.37. The van der Waals surface area contributed by atoms with E-state index in [2.05, 4.69) is 18.2 Å². The fourth-order valence-corrected chi connectivity index (χ4v) is 3.86. The van der Waals surface area contributed by atoms with E-state index in [-0.39, 0.29) is 0 Å². The second-order valence-electron chi connectivity index (χ2n) is 4.62. The van der Waals surface area contributed by atoms with Crippen LogP contribution in [-0.2, 0) is 0 Å². The number of rotatable bonds is 4. The molecule has 1 aliphatic carbocycles. The van der Waals surface area contributed by atoms with Gasteiger partial charge in [0.2, 0.25) is 0 Å². The van der Waals surface area contributed by atoms with Gasteiger partial charge in [0.25, 0.3) is 0 Å². The van der Waals surface area contributed by atoms with Crippen LogP contribution in [0.4, 0.5) is 0 Å². The summed E-state index contributed by atoms with van der Waals surface area (Å²) < 4.78 is 5.26. The first-order chi connectivity index (χ1) is 8.33. The van der Waals surface area contributed by atoms with Crippen molar-refractivity contribution in [1.29, 1.82) is 0 Å². The van der Waals surface area contributed by atoms with Gasteiger partial charge in [-0.3, -0.25) is 0 Å². The van der Waals surface area contributed by atoms with E-state index >= 15 is 0 Å². The highest BCUT2D eigenvalue weighted by molar-refractivity contribution is 8.00. The first-order valence-corrected chi connectivity index (χ1v) is 7.22. The molecule has 0 amide bonds. The van der Waals surface area contributed by atoms with Crippen molar-refractivity contribution in [2.24, 2.45) is 11.7 Å². The van der Waals surface area contributed by atoms with Crippen molar-refractivity contribution in [2.75, 3.05) is 13.7 Å². The molecule has 0 aliphatic heterocycles. The normalized spacial score (nSPS) is 24.6. The summed E-state index contributed by atoms with van der Waals surface area (Å²) in [6.45, 7) is 0.821. The third-order valence-electron chi connectivity index (χ3n) is 3.47. The van der Waals surface area contributed by atoms with Crippen molar-refractivity contribution in [3.8, 4) is 5.75 Å². The fraction of sp³-hybridized carbons (Fsp3) is 0.571. The molecule has 0 saturated heterocycles. The second-order valence-corrected chi connectivity index (χ2v) is 5.93. The summed E-state index contributed by atoms with van der Waals surface area (Å²) in [4.78, 5) is 1.30. The highest BCUT2D eigenvalue weighted by atomic mass is 32.2. The maximum Gasteiger partial charge on any atom is 0.119 e. The molecule has 1 aliphatic rings. The van der Waals surface area contributed by atoms with Crippen LogP contribution in [0.2, 0.25) is 0 Å². The molecule has 0 bridgehead atoms. The van der Waals surface area contributed by atoms with Crippen molar-refractivity contribution < 1.29 is 4.74 Å². The summed E-state index contributed by atoms with van der Waals surface area (Å²) in [6, 6.07) is 8.33. The van der Waals surface area contributed by atoms with Gasteiger partial charge in [0.1, 0.15) is 5.75 Å². The second kappa shape index (κ2) is 6.31. The summed E-state index contributed by atoms with van der Waals surface area (Å²) >= 11 is 1.97. The van der Waals surface area contributed by atoms with Crippen LogP contribution in [0.15, 0.2) is 29.2 Å². The number of hydrogen-bond donors (Lipinski definition) is 1. The predicted octanol–water partition coefficient (Wildman–Crippen LogP) is 3.30. The van der Waals surface area contributed by atoms with E-state index < -0.39 is 0 Å². The van der Waals surface area contributed by atoms with Crippen LogP contribution in [0.5, 0.6) is 5.75 Å². The monoisotopic (exact) mass is 251 g/mol. The molecule has 1 aromatic carbocycles. The molecule has 2 N–H and O–H groups in total. The van der Waals surface area contributed by atoms with Gasteiger partial charge in [-0.25, -0.2) is 0 Å². The lowest BCUT2D eigenvalue weighted by Gasteiger charge is -2.30. The van der Waals surface area contributed by atoms with Gasteiger partial charge in [0.15, 0.2) is 0 Å². The molecule has 94 valence electrons. The quantitative estimate of drug-likeness (QED) is 0.891. The van der Waals surface area contributed by atoms with Gasteiger partial charge in [-0.1, -0.05) is 18.9 Å². The van der Waals surface area contributed by atoms with E-state index in [9.17, 15) is 0 Å². The van der Waals surface area contributed by atoms with Crippen LogP contribution in [0, 0.1) is 5.92 Å². The van der Waals surface area contributed by atoms with E-state index in [4.69, 9.17) is 10.5 Å². The standard InChI is InChI=1S/C14H21NOS/c1-16-12-6-4-7-13(9-12)17-14-8-3-2-5-11(14)10-15/h4,6-7,9,11,14H,2-3,5,8,10,15H2,1H3. The number of nitrogens with two attached hydrogens (primary N) is 1. The van der Waals surface area contributed by atoms with Crippen LogP contribution >= 0.6 is 11.8 Å². The summed E-state index contributed by atoms with van der Waals surface area (Å²) in [5.74, 6) is 1.62. The molecule has 1 fully saturated rings. The van der Waals surface area contributed by atoms with Gasteiger partial charge >= 0.3 is 0 Å². The largest absolute Gasteiger partial charge is 0.497 e. The molecule has 0 spiro atoms. The van der Waals surface area contributed by atoms with Gasteiger partial charge in [-0.2, -0.15) is 0 Å². The molecule has 0 radical (unpaired) electrons. The van der Waals surface area contributed by atoms with Crippen molar-refractivity contribution in [3.05, 3.63) is 24.3 Å². The van der Waals surface area contributed by atoms with E-state index in [1.807, 2.05) is 17.8 Å². The number of hydrogen-bond acceptors (Lipinski definition) is 3. The Labute approximate surface area is 108 Å². The average Bonchev–Trinajstić information content (AvgIpc) is 2.39. The Morgan fingerprint density at radius 2 is 2.18 bits per heavy atom. The average molecular weight is 251 g/mol. The molecule has 2 nitrogen and oxygen atoms in total. The maximum absolute atomic E-state index is 5.87. The Morgan fingerprint density at radius 3 is 2.94 bits per heavy atom. The summed E-state index contributed by atoms with van der Waals surface area (Å²) in [6.07, 6.45) is 5.27. The van der Waals surface area contributed by atoms with Gasteiger partial charge in [-0.15, -0.1) is 11.8 Å². The lowest BCUT2D eigenvalue weighted by Crippen LogP contribution is -2.28. The minimum atomic E-state index is 0.681. The number of methoxy groups -OCH3 is 1. The summed E-state index contributed by atoms with van der Waals surface area (Å²) in [5, 5.41) is 0.681. The van der Waals surface area contributed by atoms with Crippen LogP contribution in [-0.4, -0.2) is 18.9 Å². The lowest BCUT2D eigenvalue weighted by molar-refractivity contribution is 0.378. The lowest BCUT2D eigenvalue weighted by atomic mass is 9.89. The SMILES string of the molecule is COc1cccc(SC2CCCCC2CN)c1. The third kappa shape index (κ3) is 3.39. The van der Waals surface area contributed by atoms with Crippen molar-refractivity contribution in [3.63, 3.8) is 0 Å². The number of benzene rings is 1. The topological polar surface area (TPSA) is 35.2 Å². The van der Waals surface area contributed by atoms with Crippen molar-refractivity contribution >= 4 is 11.8 Å². The Hall–Kier alpha value is -0.670. The molecule has 2 unspecified atom stereocenters. The molecule has 17 heavy (non-hydrogen) atoms. The van der Waals surface area contributed by atoms with Crippen LogP contribution in [0.3, 0.4) is 0 Å². The van der Waals surface area contributed by atoms with E-state index in [0.717, 1.165) is 12.3 Å². The Bertz CT molecular complexity index is 356. The molecule has 2 rings (SSSR count).